The molecule has 3 rings (SSSR count). The van der Waals surface area contributed by atoms with Crippen molar-refractivity contribution in [3.05, 3.63) is 47.3 Å². The molecule has 0 spiro atoms. The standard InChI is InChI=1S/C24H36FN3O/c1-26(2)15-16-28(24(29)21-10-4-3-5-11-21)18-20-9-8-14-27(17-20)19-22-12-6-7-13-23(22)25/h6-7,10,12-13,20H,3-5,8-9,11,14-19H2,1-2H3. The maximum Gasteiger partial charge on any atom is 0.249 e. The van der Waals surface area contributed by atoms with Crippen molar-refractivity contribution in [2.45, 2.75) is 45.1 Å². The van der Waals surface area contributed by atoms with Crippen molar-refractivity contribution in [1.29, 1.82) is 0 Å². The molecule has 1 fully saturated rings. The lowest BCUT2D eigenvalue weighted by Gasteiger charge is -2.36. The highest BCUT2D eigenvalue weighted by Gasteiger charge is 2.26. The number of hydrogen-bond donors (Lipinski definition) is 0. The normalized spacial score (nSPS) is 20.6. The first-order valence-corrected chi connectivity index (χ1v) is 11.1. The van der Waals surface area contributed by atoms with Crippen LogP contribution in [-0.2, 0) is 11.3 Å². The number of allylic oxidation sites excluding steroid dienone is 1. The van der Waals surface area contributed by atoms with Crippen LogP contribution in [0.15, 0.2) is 35.9 Å². The lowest BCUT2D eigenvalue weighted by Crippen LogP contribution is -2.45. The van der Waals surface area contributed by atoms with E-state index in [0.717, 1.165) is 76.0 Å². The molecule has 1 unspecified atom stereocenters. The largest absolute Gasteiger partial charge is 0.337 e. The minimum Gasteiger partial charge on any atom is -0.337 e. The molecule has 0 saturated carbocycles. The summed E-state index contributed by atoms with van der Waals surface area (Å²) in [6.45, 7) is 5.04. The summed E-state index contributed by atoms with van der Waals surface area (Å²) in [5, 5.41) is 0. The third-order valence-electron chi connectivity index (χ3n) is 6.10. The smallest absolute Gasteiger partial charge is 0.249 e. The average Bonchev–Trinajstić information content (AvgIpc) is 2.73. The van der Waals surface area contributed by atoms with Gasteiger partial charge in [-0.3, -0.25) is 9.69 Å². The predicted octanol–water partition coefficient (Wildman–Crippen LogP) is 3.93. The minimum atomic E-state index is -0.123. The maximum absolute atomic E-state index is 14.0. The monoisotopic (exact) mass is 401 g/mol. The number of carbonyl (C=O) groups excluding carboxylic acids is 1. The number of rotatable bonds is 8. The number of amides is 1. The molecular formula is C24H36FN3O. The van der Waals surface area contributed by atoms with Crippen molar-refractivity contribution in [2.75, 3.05) is 46.8 Å². The number of carbonyl (C=O) groups is 1. The van der Waals surface area contributed by atoms with Gasteiger partial charge in [0.25, 0.3) is 0 Å². The van der Waals surface area contributed by atoms with E-state index in [1.165, 1.54) is 12.5 Å². The molecule has 1 amide bonds. The molecule has 0 aromatic heterocycles. The zero-order chi connectivity index (χ0) is 20.6. The summed E-state index contributed by atoms with van der Waals surface area (Å²) in [4.78, 5) is 19.7. The minimum absolute atomic E-state index is 0.123. The lowest BCUT2D eigenvalue weighted by molar-refractivity contribution is -0.128. The molecular weight excluding hydrogens is 365 g/mol. The van der Waals surface area contributed by atoms with E-state index in [2.05, 4.69) is 34.9 Å². The number of piperidine rings is 1. The van der Waals surface area contributed by atoms with Crippen molar-refractivity contribution in [2.24, 2.45) is 5.92 Å². The van der Waals surface area contributed by atoms with Crippen molar-refractivity contribution >= 4 is 5.91 Å². The zero-order valence-electron chi connectivity index (χ0n) is 18.1. The molecule has 1 aliphatic heterocycles. The molecule has 0 bridgehead atoms. The van der Waals surface area contributed by atoms with Gasteiger partial charge in [0.15, 0.2) is 0 Å². The third-order valence-corrected chi connectivity index (χ3v) is 6.10. The Kier molecular flexibility index (Phi) is 8.25. The Morgan fingerprint density at radius 3 is 2.72 bits per heavy atom. The quantitative estimate of drug-likeness (QED) is 0.660. The van der Waals surface area contributed by atoms with Crippen molar-refractivity contribution in [3.8, 4) is 0 Å². The maximum atomic E-state index is 14.0. The highest BCUT2D eigenvalue weighted by molar-refractivity contribution is 5.93. The van der Waals surface area contributed by atoms with E-state index < -0.39 is 0 Å². The number of benzene rings is 1. The van der Waals surface area contributed by atoms with Crippen LogP contribution in [0.5, 0.6) is 0 Å². The summed E-state index contributed by atoms with van der Waals surface area (Å²) < 4.78 is 14.0. The summed E-state index contributed by atoms with van der Waals surface area (Å²) in [7, 11) is 4.11. The fourth-order valence-corrected chi connectivity index (χ4v) is 4.46. The van der Waals surface area contributed by atoms with Crippen molar-refractivity contribution in [3.63, 3.8) is 0 Å². The molecule has 1 aromatic carbocycles. The van der Waals surface area contributed by atoms with E-state index >= 15 is 0 Å². The van der Waals surface area contributed by atoms with E-state index in [0.29, 0.717) is 12.5 Å². The summed E-state index contributed by atoms with van der Waals surface area (Å²) in [6, 6.07) is 7.06. The van der Waals surface area contributed by atoms with Crippen LogP contribution in [0.25, 0.3) is 0 Å². The number of halogens is 1. The van der Waals surface area contributed by atoms with E-state index in [-0.39, 0.29) is 11.7 Å². The van der Waals surface area contributed by atoms with Crippen LogP contribution < -0.4 is 0 Å². The van der Waals surface area contributed by atoms with E-state index in [9.17, 15) is 9.18 Å². The molecule has 2 aliphatic rings. The first-order valence-electron chi connectivity index (χ1n) is 11.1. The van der Waals surface area contributed by atoms with Crippen LogP contribution in [-0.4, -0.2) is 67.4 Å². The van der Waals surface area contributed by atoms with Gasteiger partial charge >= 0.3 is 0 Å². The number of hydrogen-bond acceptors (Lipinski definition) is 3. The van der Waals surface area contributed by atoms with Gasteiger partial charge in [0.2, 0.25) is 5.91 Å². The number of nitrogens with zero attached hydrogens (tertiary/aromatic N) is 3. The second-order valence-electron chi connectivity index (χ2n) is 8.86. The first-order chi connectivity index (χ1) is 14.0. The summed E-state index contributed by atoms with van der Waals surface area (Å²) in [5.74, 6) is 0.560. The van der Waals surface area contributed by atoms with Crippen LogP contribution in [0.3, 0.4) is 0 Å². The Labute approximate surface area is 175 Å². The molecule has 0 N–H and O–H groups in total. The molecule has 160 valence electrons. The molecule has 1 atom stereocenters. The van der Waals surface area contributed by atoms with E-state index in [1.54, 1.807) is 6.07 Å². The van der Waals surface area contributed by atoms with Crippen LogP contribution in [0.4, 0.5) is 4.39 Å². The Balaban J connectivity index is 1.62. The van der Waals surface area contributed by atoms with E-state index in [1.807, 2.05) is 12.1 Å². The van der Waals surface area contributed by atoms with Gasteiger partial charge in [-0.15, -0.1) is 0 Å². The van der Waals surface area contributed by atoms with Crippen LogP contribution >= 0.6 is 0 Å². The number of likely N-dealkylation sites (N-methyl/N-ethyl adjacent to an activating group) is 1. The molecule has 1 aromatic rings. The molecule has 5 heteroatoms. The fourth-order valence-electron chi connectivity index (χ4n) is 4.46. The van der Waals surface area contributed by atoms with E-state index in [4.69, 9.17) is 0 Å². The molecule has 1 heterocycles. The van der Waals surface area contributed by atoms with Crippen LogP contribution in [0.2, 0.25) is 0 Å². The second-order valence-corrected chi connectivity index (χ2v) is 8.86. The zero-order valence-corrected chi connectivity index (χ0v) is 18.1. The molecule has 4 nitrogen and oxygen atoms in total. The van der Waals surface area contributed by atoms with Gasteiger partial charge in [-0.05, 0) is 71.1 Å². The average molecular weight is 402 g/mol. The van der Waals surface area contributed by atoms with Crippen LogP contribution in [0.1, 0.15) is 44.1 Å². The van der Waals surface area contributed by atoms with Gasteiger partial charge in [-0.1, -0.05) is 24.3 Å². The van der Waals surface area contributed by atoms with Gasteiger partial charge in [0.05, 0.1) is 0 Å². The van der Waals surface area contributed by atoms with Crippen molar-refractivity contribution < 1.29 is 9.18 Å². The third kappa shape index (κ3) is 6.65. The fraction of sp³-hybridized carbons (Fsp3) is 0.625. The van der Waals surface area contributed by atoms with Crippen molar-refractivity contribution in [1.82, 2.24) is 14.7 Å². The second kappa shape index (κ2) is 10.9. The summed E-state index contributed by atoms with van der Waals surface area (Å²) in [5.41, 5.74) is 1.77. The summed E-state index contributed by atoms with van der Waals surface area (Å²) >= 11 is 0. The summed E-state index contributed by atoms with van der Waals surface area (Å²) in [6.07, 6.45) is 8.67. The predicted molar refractivity (Wildman–Crippen MR) is 116 cm³/mol. The van der Waals surface area contributed by atoms with Gasteiger partial charge in [-0.25, -0.2) is 4.39 Å². The first kappa shape index (κ1) is 22.0. The molecule has 0 radical (unpaired) electrons. The molecule has 1 aliphatic carbocycles. The Morgan fingerprint density at radius 2 is 2.00 bits per heavy atom. The molecule has 1 saturated heterocycles. The van der Waals surface area contributed by atoms with Gasteiger partial charge in [0.1, 0.15) is 5.82 Å². The number of likely N-dealkylation sites (tertiary alicyclic amines) is 1. The highest BCUT2D eigenvalue weighted by atomic mass is 19.1. The van der Waals surface area contributed by atoms with Gasteiger partial charge in [-0.2, -0.15) is 0 Å². The Morgan fingerprint density at radius 1 is 1.17 bits per heavy atom. The topological polar surface area (TPSA) is 26.8 Å². The van der Waals surface area contributed by atoms with Gasteiger partial charge < -0.3 is 9.80 Å². The Hall–Kier alpha value is -1.72. The SMILES string of the molecule is CN(C)CCN(CC1CCCN(Cc2ccccc2F)C1)C(=O)C1=CCCCC1. The van der Waals surface area contributed by atoms with Crippen LogP contribution in [0, 0.1) is 11.7 Å². The molecule has 29 heavy (non-hydrogen) atoms. The Bertz CT molecular complexity index is 703. The van der Waals surface area contributed by atoms with Gasteiger partial charge in [0, 0.05) is 43.9 Å². The highest BCUT2D eigenvalue weighted by Crippen LogP contribution is 2.23. The lowest BCUT2D eigenvalue weighted by atomic mass is 9.95.